The molecule has 1 unspecified atom stereocenters. The Kier molecular flexibility index (Phi) is 4.97. The summed E-state index contributed by atoms with van der Waals surface area (Å²) in [5.41, 5.74) is 6.81. The molecule has 5 heteroatoms. The van der Waals surface area contributed by atoms with E-state index in [4.69, 9.17) is 0 Å². The Morgan fingerprint density at radius 2 is 1.48 bits per heavy atom. The van der Waals surface area contributed by atoms with E-state index in [1.165, 1.54) is 22.3 Å². The van der Waals surface area contributed by atoms with Crippen molar-refractivity contribution in [2.45, 2.75) is 18.3 Å². The Hall–Kier alpha value is -3.47. The normalized spacial score (nSPS) is 23.1. The molecule has 0 saturated carbocycles. The van der Waals surface area contributed by atoms with Crippen molar-refractivity contribution in [2.75, 3.05) is 37.6 Å². The Morgan fingerprint density at radius 1 is 0.848 bits per heavy atom. The number of anilines is 1. The first-order valence-electron chi connectivity index (χ1n) is 11.9. The highest BCUT2D eigenvalue weighted by Gasteiger charge is 2.43. The molecule has 0 spiro atoms. The van der Waals surface area contributed by atoms with Gasteiger partial charge in [-0.05, 0) is 46.7 Å². The van der Waals surface area contributed by atoms with Gasteiger partial charge in [0.1, 0.15) is 5.75 Å². The molecule has 33 heavy (non-hydrogen) atoms. The number of phenolic OH excluding ortho intramolecular Hbond substituents is 1. The molecule has 7 rings (SSSR count). The van der Waals surface area contributed by atoms with Crippen LogP contribution in [0, 0.1) is 5.92 Å². The topological polar surface area (TPSA) is 55.8 Å². The summed E-state index contributed by atoms with van der Waals surface area (Å²) < 4.78 is 0. The molecule has 3 aliphatic carbocycles. The Bertz CT molecular complexity index is 1140. The number of carbonyl (C=O) groups excluding carboxylic acids is 1. The maximum absolute atomic E-state index is 13.0. The van der Waals surface area contributed by atoms with Gasteiger partial charge in [-0.15, -0.1) is 0 Å². The summed E-state index contributed by atoms with van der Waals surface area (Å²) in [5.74, 6) is 1.47. The van der Waals surface area contributed by atoms with E-state index >= 15 is 0 Å². The number of nitrogens with one attached hydrogen (secondary N) is 1. The molecule has 1 fully saturated rings. The molecule has 2 amide bonds. The SMILES string of the molecule is O=C(NCC1CC2c3ccccc3C1c1ccccc12)N1CCN(c2cccc(O)c2)CC1. The van der Waals surface area contributed by atoms with Crippen LogP contribution in [0.2, 0.25) is 0 Å². The molecule has 4 aliphatic rings. The summed E-state index contributed by atoms with van der Waals surface area (Å²) in [5, 5.41) is 13.0. The molecule has 3 aromatic carbocycles. The quantitative estimate of drug-likeness (QED) is 0.631. The Balaban J connectivity index is 1.12. The Labute approximate surface area is 194 Å². The molecule has 0 radical (unpaired) electrons. The monoisotopic (exact) mass is 439 g/mol. The molecule has 1 heterocycles. The van der Waals surface area contributed by atoms with Crippen LogP contribution in [0.4, 0.5) is 10.5 Å². The van der Waals surface area contributed by atoms with Crippen molar-refractivity contribution in [3.8, 4) is 5.75 Å². The van der Waals surface area contributed by atoms with E-state index in [9.17, 15) is 9.90 Å². The first-order chi connectivity index (χ1) is 16.2. The summed E-state index contributed by atoms with van der Waals surface area (Å²) >= 11 is 0. The van der Waals surface area contributed by atoms with Crippen molar-refractivity contribution < 1.29 is 9.90 Å². The minimum Gasteiger partial charge on any atom is -0.508 e. The van der Waals surface area contributed by atoms with Gasteiger partial charge in [0.25, 0.3) is 0 Å². The number of nitrogens with zero attached hydrogens (tertiary/aromatic N) is 2. The number of amides is 2. The van der Waals surface area contributed by atoms with Gasteiger partial charge in [0, 0.05) is 56.3 Å². The average Bonchev–Trinajstić information content (AvgIpc) is 2.87. The second-order valence-electron chi connectivity index (χ2n) is 9.46. The highest BCUT2D eigenvalue weighted by molar-refractivity contribution is 5.74. The number of urea groups is 1. The van der Waals surface area contributed by atoms with Crippen molar-refractivity contribution >= 4 is 11.7 Å². The number of benzene rings is 3. The lowest BCUT2D eigenvalue weighted by atomic mass is 9.59. The standard InChI is InChI=1S/C28H29N3O2/c32-21-7-5-6-20(17-21)30-12-14-31(15-13-30)28(33)29-18-19-16-26-22-8-1-3-10-24(22)27(19)25-11-4-2-9-23(25)26/h1-11,17,19,26-27,32H,12-16,18H2,(H,29,33). The third kappa shape index (κ3) is 3.52. The Morgan fingerprint density at radius 3 is 2.12 bits per heavy atom. The fourth-order valence-electron chi connectivity index (χ4n) is 6.15. The van der Waals surface area contributed by atoms with E-state index in [0.717, 1.165) is 25.2 Å². The van der Waals surface area contributed by atoms with Gasteiger partial charge in [-0.1, -0.05) is 54.6 Å². The van der Waals surface area contributed by atoms with Crippen LogP contribution in [-0.2, 0) is 0 Å². The first-order valence-corrected chi connectivity index (χ1v) is 11.9. The molecular formula is C28H29N3O2. The van der Waals surface area contributed by atoms with Crippen molar-refractivity contribution in [3.63, 3.8) is 0 Å². The molecule has 1 atom stereocenters. The largest absolute Gasteiger partial charge is 0.508 e. The van der Waals surface area contributed by atoms with Crippen LogP contribution in [0.15, 0.2) is 72.8 Å². The van der Waals surface area contributed by atoms with E-state index in [-0.39, 0.29) is 11.8 Å². The molecule has 0 aromatic heterocycles. The summed E-state index contributed by atoms with van der Waals surface area (Å²) in [6.45, 7) is 3.61. The lowest BCUT2D eigenvalue weighted by Crippen LogP contribution is -2.53. The number of phenols is 1. The lowest BCUT2D eigenvalue weighted by molar-refractivity contribution is 0.190. The molecule has 5 nitrogen and oxygen atoms in total. The van der Waals surface area contributed by atoms with Gasteiger partial charge in [0.2, 0.25) is 0 Å². The lowest BCUT2D eigenvalue weighted by Gasteiger charge is -2.46. The van der Waals surface area contributed by atoms with Crippen LogP contribution >= 0.6 is 0 Å². The van der Waals surface area contributed by atoms with Gasteiger partial charge in [-0.2, -0.15) is 0 Å². The van der Waals surface area contributed by atoms with Gasteiger partial charge in [-0.3, -0.25) is 0 Å². The van der Waals surface area contributed by atoms with Crippen LogP contribution in [-0.4, -0.2) is 48.8 Å². The van der Waals surface area contributed by atoms with Gasteiger partial charge in [0.05, 0.1) is 0 Å². The van der Waals surface area contributed by atoms with Gasteiger partial charge < -0.3 is 20.2 Å². The number of fused-ring (bicyclic) bond motifs is 1. The van der Waals surface area contributed by atoms with Crippen molar-refractivity contribution in [1.29, 1.82) is 0 Å². The molecule has 2 N–H and O–H groups in total. The zero-order chi connectivity index (χ0) is 22.4. The first kappa shape index (κ1) is 20.2. The minimum absolute atomic E-state index is 0.0357. The predicted octanol–water partition coefficient (Wildman–Crippen LogP) is 4.52. The molecule has 1 saturated heterocycles. The predicted molar refractivity (Wildman–Crippen MR) is 130 cm³/mol. The summed E-state index contributed by atoms with van der Waals surface area (Å²) in [6, 6.07) is 25.1. The number of rotatable bonds is 3. The number of aromatic hydroxyl groups is 1. The molecular weight excluding hydrogens is 410 g/mol. The van der Waals surface area contributed by atoms with Crippen molar-refractivity contribution in [3.05, 3.63) is 95.1 Å². The highest BCUT2D eigenvalue weighted by Crippen LogP contribution is 2.55. The maximum atomic E-state index is 13.0. The fraction of sp³-hybridized carbons (Fsp3) is 0.321. The number of hydrogen-bond acceptors (Lipinski definition) is 3. The molecule has 2 bridgehead atoms. The van der Waals surface area contributed by atoms with Crippen LogP contribution in [0.25, 0.3) is 0 Å². The van der Waals surface area contributed by atoms with Crippen molar-refractivity contribution in [2.24, 2.45) is 5.92 Å². The minimum atomic E-state index is 0.0357. The molecule has 168 valence electrons. The zero-order valence-corrected chi connectivity index (χ0v) is 18.7. The fourth-order valence-corrected chi connectivity index (χ4v) is 6.15. The number of piperazine rings is 1. The van der Waals surface area contributed by atoms with Crippen LogP contribution in [0.5, 0.6) is 5.75 Å². The molecule has 3 aromatic rings. The van der Waals surface area contributed by atoms with E-state index in [0.29, 0.717) is 37.4 Å². The third-order valence-corrected chi connectivity index (χ3v) is 7.70. The van der Waals surface area contributed by atoms with Gasteiger partial charge >= 0.3 is 6.03 Å². The maximum Gasteiger partial charge on any atom is 0.317 e. The highest BCUT2D eigenvalue weighted by atomic mass is 16.3. The summed E-state index contributed by atoms with van der Waals surface area (Å²) in [6.07, 6.45) is 1.09. The third-order valence-electron chi connectivity index (χ3n) is 7.70. The van der Waals surface area contributed by atoms with E-state index < -0.39 is 0 Å². The molecule has 1 aliphatic heterocycles. The van der Waals surface area contributed by atoms with Gasteiger partial charge in [0.15, 0.2) is 0 Å². The van der Waals surface area contributed by atoms with Crippen molar-refractivity contribution in [1.82, 2.24) is 10.2 Å². The average molecular weight is 440 g/mol. The van der Waals surface area contributed by atoms with Crippen LogP contribution in [0.1, 0.15) is 40.5 Å². The number of carbonyl (C=O) groups is 1. The summed E-state index contributed by atoms with van der Waals surface area (Å²) in [4.78, 5) is 17.1. The second-order valence-corrected chi connectivity index (χ2v) is 9.46. The van der Waals surface area contributed by atoms with E-state index in [1.807, 2.05) is 17.0 Å². The second kappa shape index (κ2) is 8.14. The van der Waals surface area contributed by atoms with E-state index in [2.05, 4.69) is 58.7 Å². The number of hydrogen-bond donors (Lipinski definition) is 2. The van der Waals surface area contributed by atoms with Gasteiger partial charge in [-0.25, -0.2) is 4.79 Å². The van der Waals surface area contributed by atoms with Crippen LogP contribution in [0.3, 0.4) is 0 Å². The van der Waals surface area contributed by atoms with Crippen LogP contribution < -0.4 is 10.2 Å². The van der Waals surface area contributed by atoms with E-state index in [1.54, 1.807) is 12.1 Å². The zero-order valence-electron chi connectivity index (χ0n) is 18.7. The smallest absolute Gasteiger partial charge is 0.317 e. The summed E-state index contributed by atoms with van der Waals surface area (Å²) in [7, 11) is 0.